The molecule has 2 aliphatic carbocycles. The number of carbonyl (C=O) groups is 4. The van der Waals surface area contributed by atoms with E-state index in [1.54, 1.807) is 54.6 Å². The van der Waals surface area contributed by atoms with Crippen LogP contribution in [0.15, 0.2) is 97.6 Å². The highest BCUT2D eigenvalue weighted by atomic mass is 16.3. The van der Waals surface area contributed by atoms with Crippen LogP contribution in [0.25, 0.3) is 12.2 Å². The van der Waals surface area contributed by atoms with Crippen molar-refractivity contribution in [2.75, 3.05) is 9.80 Å². The maximum atomic E-state index is 14.1. The molecule has 3 aromatic rings. The summed E-state index contributed by atoms with van der Waals surface area (Å²) in [5.41, 5.74) is 4.35. The summed E-state index contributed by atoms with van der Waals surface area (Å²) >= 11 is 0. The van der Waals surface area contributed by atoms with Crippen LogP contribution in [-0.2, 0) is 19.2 Å². The molecule has 0 bridgehead atoms. The van der Waals surface area contributed by atoms with Crippen LogP contribution in [0.2, 0.25) is 0 Å². The zero-order valence-electron chi connectivity index (χ0n) is 23.4. The first-order valence-corrected chi connectivity index (χ1v) is 14.5. The molecule has 7 heteroatoms. The molecule has 6 unspecified atom stereocenters. The lowest BCUT2D eigenvalue weighted by Crippen LogP contribution is -2.43. The summed E-state index contributed by atoms with van der Waals surface area (Å²) in [5, 5.41) is 10.4. The van der Waals surface area contributed by atoms with Crippen LogP contribution < -0.4 is 9.80 Å². The second kappa shape index (κ2) is 10.1. The molecular formula is C36H30N2O5. The zero-order valence-corrected chi connectivity index (χ0v) is 23.4. The predicted octanol–water partition coefficient (Wildman–Crippen LogP) is 5.72. The van der Waals surface area contributed by atoms with Crippen LogP contribution >= 0.6 is 0 Å². The highest BCUT2D eigenvalue weighted by Gasteiger charge is 2.62. The van der Waals surface area contributed by atoms with Gasteiger partial charge in [-0.25, -0.2) is 0 Å². The van der Waals surface area contributed by atoms with E-state index in [1.165, 1.54) is 9.80 Å². The topological polar surface area (TPSA) is 95.0 Å². The van der Waals surface area contributed by atoms with E-state index in [1.807, 2.05) is 36.4 Å². The molecule has 2 aliphatic heterocycles. The Labute approximate surface area is 249 Å². The molecule has 0 radical (unpaired) electrons. The van der Waals surface area contributed by atoms with Crippen molar-refractivity contribution >= 4 is 47.2 Å². The van der Waals surface area contributed by atoms with Crippen LogP contribution in [0.4, 0.5) is 11.4 Å². The SMILES string of the molecule is C=Cc1ccc(N2C(=O)C3CC=C4C(CC5C(=O)N(c6ccc(C=C)cc6)C(=O)C5C4c4cccc(O)c4)C3C2=O)cc1. The average molecular weight is 571 g/mol. The van der Waals surface area contributed by atoms with E-state index in [0.717, 1.165) is 16.7 Å². The van der Waals surface area contributed by atoms with E-state index in [2.05, 4.69) is 13.2 Å². The minimum atomic E-state index is -0.692. The highest BCUT2D eigenvalue weighted by Crippen LogP contribution is 2.58. The maximum absolute atomic E-state index is 14.1. The van der Waals surface area contributed by atoms with Crippen molar-refractivity contribution in [2.45, 2.75) is 18.8 Å². The van der Waals surface area contributed by atoms with E-state index >= 15 is 0 Å². The highest BCUT2D eigenvalue weighted by molar-refractivity contribution is 6.24. The van der Waals surface area contributed by atoms with Gasteiger partial charge in [-0.1, -0.05) is 73.4 Å². The van der Waals surface area contributed by atoms with Gasteiger partial charge in [0, 0.05) is 5.92 Å². The number of hydrogen-bond donors (Lipinski definition) is 1. The van der Waals surface area contributed by atoms with Crippen molar-refractivity contribution in [2.24, 2.45) is 29.6 Å². The van der Waals surface area contributed by atoms with Crippen LogP contribution in [0, 0.1) is 29.6 Å². The van der Waals surface area contributed by atoms with Crippen molar-refractivity contribution in [1.82, 2.24) is 0 Å². The summed E-state index contributed by atoms with van der Waals surface area (Å²) in [4.78, 5) is 58.5. The van der Waals surface area contributed by atoms with Gasteiger partial charge in [0.2, 0.25) is 23.6 Å². The molecule has 43 heavy (non-hydrogen) atoms. The molecule has 7 rings (SSSR count). The number of fused-ring (bicyclic) bond motifs is 4. The molecule has 2 saturated heterocycles. The van der Waals surface area contributed by atoms with E-state index in [-0.39, 0.29) is 29.4 Å². The molecule has 4 aliphatic rings. The molecule has 2 heterocycles. The van der Waals surface area contributed by atoms with Gasteiger partial charge >= 0.3 is 0 Å². The van der Waals surface area contributed by atoms with E-state index < -0.39 is 35.5 Å². The summed E-state index contributed by atoms with van der Waals surface area (Å²) in [6.07, 6.45) is 6.06. The van der Waals surface area contributed by atoms with E-state index in [0.29, 0.717) is 29.8 Å². The van der Waals surface area contributed by atoms with E-state index in [4.69, 9.17) is 0 Å². The third-order valence-electron chi connectivity index (χ3n) is 9.65. The lowest BCUT2D eigenvalue weighted by Gasteiger charge is -2.44. The summed E-state index contributed by atoms with van der Waals surface area (Å²) in [6.45, 7) is 7.55. The second-order valence-electron chi connectivity index (χ2n) is 11.7. The normalized spacial score (nSPS) is 27.9. The predicted molar refractivity (Wildman–Crippen MR) is 164 cm³/mol. The third kappa shape index (κ3) is 4.02. The maximum Gasteiger partial charge on any atom is 0.238 e. The van der Waals surface area contributed by atoms with E-state index in [9.17, 15) is 24.3 Å². The van der Waals surface area contributed by atoms with Gasteiger partial charge in [0.25, 0.3) is 0 Å². The first-order valence-electron chi connectivity index (χ1n) is 14.5. The van der Waals surface area contributed by atoms with Crippen molar-refractivity contribution in [3.8, 4) is 5.75 Å². The molecular weight excluding hydrogens is 540 g/mol. The monoisotopic (exact) mass is 570 g/mol. The van der Waals surface area contributed by atoms with Gasteiger partial charge in [-0.2, -0.15) is 0 Å². The quantitative estimate of drug-likeness (QED) is 0.313. The number of anilines is 2. The summed E-state index contributed by atoms with van der Waals surface area (Å²) in [5.74, 6) is -4.55. The lowest BCUT2D eigenvalue weighted by atomic mass is 9.57. The Morgan fingerprint density at radius 3 is 1.79 bits per heavy atom. The number of amides is 4. The standard InChI is InChI=1S/C36H30N2O5/c1-3-20-8-12-23(13-9-20)37-33(40)27-17-16-26-28(31(27)35(37)42)19-29-32(30(26)22-6-5-7-25(39)18-22)36(43)38(34(29)41)24-14-10-21(4-2)11-15-24/h3-16,18,27-32,39H,1-2,17,19H2. The largest absolute Gasteiger partial charge is 0.508 e. The Balaban J connectivity index is 1.31. The fourth-order valence-electron chi connectivity index (χ4n) is 7.71. The fourth-order valence-corrected chi connectivity index (χ4v) is 7.71. The molecule has 0 spiro atoms. The number of aromatic hydroxyl groups is 1. The number of carbonyl (C=O) groups excluding carboxylic acids is 4. The smallest absolute Gasteiger partial charge is 0.238 e. The zero-order chi connectivity index (χ0) is 30.0. The number of benzene rings is 3. The summed E-state index contributed by atoms with van der Waals surface area (Å²) in [7, 11) is 0. The minimum absolute atomic E-state index is 0.0559. The van der Waals surface area contributed by atoms with Crippen LogP contribution in [0.3, 0.4) is 0 Å². The first-order chi connectivity index (χ1) is 20.8. The molecule has 7 nitrogen and oxygen atoms in total. The number of hydrogen-bond acceptors (Lipinski definition) is 5. The second-order valence-corrected chi connectivity index (χ2v) is 11.7. The number of imide groups is 2. The molecule has 3 aromatic carbocycles. The Bertz CT molecular complexity index is 1740. The number of nitrogens with zero attached hydrogens (tertiary/aromatic N) is 2. The first kappa shape index (κ1) is 26.8. The minimum Gasteiger partial charge on any atom is -0.508 e. The van der Waals surface area contributed by atoms with Gasteiger partial charge in [0.15, 0.2) is 0 Å². The Hall–Kier alpha value is -5.04. The molecule has 6 atom stereocenters. The Morgan fingerprint density at radius 1 is 0.674 bits per heavy atom. The number of phenols is 1. The van der Waals surface area contributed by atoms with Crippen molar-refractivity contribution < 1.29 is 24.3 Å². The summed E-state index contributed by atoms with van der Waals surface area (Å²) < 4.78 is 0. The number of rotatable bonds is 5. The summed E-state index contributed by atoms with van der Waals surface area (Å²) in [6, 6.07) is 21.0. The Kier molecular flexibility index (Phi) is 6.27. The lowest BCUT2D eigenvalue weighted by molar-refractivity contribution is -0.126. The molecule has 3 fully saturated rings. The van der Waals surface area contributed by atoms with Gasteiger partial charge in [0.1, 0.15) is 5.75 Å². The van der Waals surface area contributed by atoms with Crippen molar-refractivity contribution in [3.05, 3.63) is 114 Å². The molecule has 214 valence electrons. The van der Waals surface area contributed by atoms with Crippen molar-refractivity contribution in [3.63, 3.8) is 0 Å². The molecule has 0 aromatic heterocycles. The molecule has 4 amide bonds. The van der Waals surface area contributed by atoms with Crippen LogP contribution in [-0.4, -0.2) is 28.7 Å². The number of allylic oxidation sites excluding steroid dienone is 2. The third-order valence-corrected chi connectivity index (χ3v) is 9.65. The van der Waals surface area contributed by atoms with Crippen LogP contribution in [0.1, 0.15) is 35.4 Å². The molecule has 1 N–H and O–H groups in total. The van der Waals surface area contributed by atoms with Gasteiger partial charge < -0.3 is 5.11 Å². The average Bonchev–Trinajstić information content (AvgIpc) is 3.43. The van der Waals surface area contributed by atoms with Crippen molar-refractivity contribution in [1.29, 1.82) is 0 Å². The molecule has 1 saturated carbocycles. The van der Waals surface area contributed by atoms with Gasteiger partial charge in [-0.15, -0.1) is 0 Å². The van der Waals surface area contributed by atoms with Crippen LogP contribution in [0.5, 0.6) is 5.75 Å². The Morgan fingerprint density at radius 2 is 1.23 bits per heavy atom. The van der Waals surface area contributed by atoms with Gasteiger partial charge in [0.05, 0.1) is 35.0 Å². The van der Waals surface area contributed by atoms with Gasteiger partial charge in [-0.05, 0) is 71.8 Å². The van der Waals surface area contributed by atoms with Gasteiger partial charge in [-0.3, -0.25) is 29.0 Å². The fraction of sp³-hybridized carbons (Fsp3) is 0.222. The number of phenolic OH excluding ortho intramolecular Hbond substituents is 1.